The van der Waals surface area contributed by atoms with Gasteiger partial charge in [0.2, 0.25) is 0 Å². The summed E-state index contributed by atoms with van der Waals surface area (Å²) in [6.45, 7) is 0.809. The van der Waals surface area contributed by atoms with Crippen LogP contribution < -0.4 is 5.32 Å². The van der Waals surface area contributed by atoms with Crippen LogP contribution >= 0.6 is 23.2 Å². The third-order valence-electron chi connectivity index (χ3n) is 3.12. The number of hydrogen-bond acceptors (Lipinski definition) is 3. The van der Waals surface area contributed by atoms with E-state index in [1.165, 1.54) is 6.07 Å². The zero-order valence-electron chi connectivity index (χ0n) is 9.37. The first kappa shape index (κ1) is 11.8. The molecule has 0 fully saturated rings. The fourth-order valence-corrected chi connectivity index (χ4v) is 2.79. The van der Waals surface area contributed by atoms with Crippen molar-refractivity contribution in [3.05, 3.63) is 45.5 Å². The lowest BCUT2D eigenvalue weighted by Gasteiger charge is -2.24. The zero-order chi connectivity index (χ0) is 12.7. The van der Waals surface area contributed by atoms with E-state index in [1.54, 1.807) is 12.4 Å². The van der Waals surface area contributed by atoms with Crippen LogP contribution in [-0.2, 0) is 6.42 Å². The molecule has 0 radical (unpaired) electrons. The van der Waals surface area contributed by atoms with E-state index < -0.39 is 0 Å². The fourth-order valence-electron chi connectivity index (χ4n) is 2.28. The van der Waals surface area contributed by atoms with E-state index in [0.29, 0.717) is 10.6 Å². The van der Waals surface area contributed by atoms with Gasteiger partial charge in [-0.15, -0.1) is 0 Å². The minimum Gasteiger partial charge on any atom is -0.506 e. The number of phenolic OH excluding ortho intramolecular Hbond substituents is 1. The Hall–Kier alpha value is -1.23. The van der Waals surface area contributed by atoms with Crippen molar-refractivity contribution < 1.29 is 5.11 Å². The number of H-pyrrole nitrogens is 1. The SMILES string of the molecule is Oc1c(Cl)cc(Cl)cc1C1NCCc2[nH]cnc21. The molecule has 0 aliphatic carbocycles. The zero-order valence-corrected chi connectivity index (χ0v) is 10.9. The predicted molar refractivity (Wildman–Crippen MR) is 70.3 cm³/mol. The van der Waals surface area contributed by atoms with Gasteiger partial charge in [0, 0.05) is 29.2 Å². The van der Waals surface area contributed by atoms with E-state index in [-0.39, 0.29) is 16.8 Å². The number of nitrogens with zero attached hydrogens (tertiary/aromatic N) is 1. The molecule has 1 aliphatic rings. The summed E-state index contributed by atoms with van der Waals surface area (Å²) in [6.07, 6.45) is 2.55. The Morgan fingerprint density at radius 1 is 1.33 bits per heavy atom. The molecule has 1 atom stereocenters. The van der Waals surface area contributed by atoms with E-state index in [4.69, 9.17) is 23.2 Å². The van der Waals surface area contributed by atoms with Gasteiger partial charge in [-0.2, -0.15) is 0 Å². The highest BCUT2D eigenvalue weighted by molar-refractivity contribution is 6.35. The highest BCUT2D eigenvalue weighted by atomic mass is 35.5. The molecule has 3 rings (SSSR count). The van der Waals surface area contributed by atoms with Crippen LogP contribution in [0.3, 0.4) is 0 Å². The number of halogens is 2. The predicted octanol–water partition coefficient (Wildman–Crippen LogP) is 2.66. The second-order valence-corrected chi connectivity index (χ2v) is 5.07. The molecule has 3 N–H and O–H groups in total. The quantitative estimate of drug-likeness (QED) is 0.754. The molecule has 18 heavy (non-hydrogen) atoms. The van der Waals surface area contributed by atoms with Gasteiger partial charge in [-0.3, -0.25) is 0 Å². The molecule has 2 aromatic rings. The van der Waals surface area contributed by atoms with E-state index >= 15 is 0 Å². The molecule has 6 heteroatoms. The van der Waals surface area contributed by atoms with Crippen molar-refractivity contribution in [3.63, 3.8) is 0 Å². The lowest BCUT2D eigenvalue weighted by molar-refractivity contribution is 0.452. The van der Waals surface area contributed by atoms with Crippen molar-refractivity contribution in [1.82, 2.24) is 15.3 Å². The van der Waals surface area contributed by atoms with Crippen molar-refractivity contribution in [2.24, 2.45) is 0 Å². The van der Waals surface area contributed by atoms with Crippen molar-refractivity contribution in [2.45, 2.75) is 12.5 Å². The van der Waals surface area contributed by atoms with Gasteiger partial charge < -0.3 is 15.4 Å². The molecule has 0 amide bonds. The Kier molecular flexibility index (Phi) is 2.93. The summed E-state index contributed by atoms with van der Waals surface area (Å²) >= 11 is 11.9. The Morgan fingerprint density at radius 2 is 2.17 bits per heavy atom. The smallest absolute Gasteiger partial charge is 0.139 e. The molecular weight excluding hydrogens is 273 g/mol. The average molecular weight is 284 g/mol. The van der Waals surface area contributed by atoms with Crippen LogP contribution in [0.25, 0.3) is 0 Å². The largest absolute Gasteiger partial charge is 0.506 e. The molecule has 0 bridgehead atoms. The Bertz CT molecular complexity index is 597. The number of rotatable bonds is 1. The van der Waals surface area contributed by atoms with Crippen LogP contribution in [-0.4, -0.2) is 21.6 Å². The average Bonchev–Trinajstić information content (AvgIpc) is 2.81. The van der Waals surface area contributed by atoms with E-state index in [0.717, 1.165) is 24.4 Å². The van der Waals surface area contributed by atoms with Gasteiger partial charge in [-0.05, 0) is 12.1 Å². The summed E-state index contributed by atoms with van der Waals surface area (Å²) in [5.74, 6) is 0.0504. The van der Waals surface area contributed by atoms with Crippen molar-refractivity contribution in [2.75, 3.05) is 6.54 Å². The van der Waals surface area contributed by atoms with Crippen molar-refractivity contribution in [1.29, 1.82) is 0 Å². The summed E-state index contributed by atoms with van der Waals surface area (Å²) in [7, 11) is 0. The monoisotopic (exact) mass is 283 g/mol. The lowest BCUT2D eigenvalue weighted by atomic mass is 9.97. The van der Waals surface area contributed by atoms with E-state index in [2.05, 4.69) is 15.3 Å². The van der Waals surface area contributed by atoms with Gasteiger partial charge in [-0.25, -0.2) is 4.98 Å². The molecule has 0 saturated heterocycles. The minimum atomic E-state index is -0.184. The Morgan fingerprint density at radius 3 is 3.00 bits per heavy atom. The summed E-state index contributed by atoms with van der Waals surface area (Å²) in [4.78, 5) is 7.41. The molecule has 1 unspecified atom stereocenters. The second-order valence-electron chi connectivity index (χ2n) is 4.23. The van der Waals surface area contributed by atoms with Crippen LogP contribution in [0.2, 0.25) is 10.0 Å². The second kappa shape index (κ2) is 4.46. The van der Waals surface area contributed by atoms with Gasteiger partial charge in [0.05, 0.1) is 23.1 Å². The third-order valence-corrected chi connectivity index (χ3v) is 3.62. The molecule has 0 saturated carbocycles. The molecule has 4 nitrogen and oxygen atoms in total. The van der Waals surface area contributed by atoms with Crippen molar-refractivity contribution >= 4 is 23.2 Å². The number of fused-ring (bicyclic) bond motifs is 1. The third kappa shape index (κ3) is 1.86. The molecule has 1 aromatic heterocycles. The number of phenols is 1. The number of nitrogens with one attached hydrogen (secondary N) is 2. The number of benzene rings is 1. The first-order valence-corrected chi connectivity index (χ1v) is 6.36. The summed E-state index contributed by atoms with van der Waals surface area (Å²) < 4.78 is 0. The van der Waals surface area contributed by atoms with Crippen LogP contribution in [0.5, 0.6) is 5.75 Å². The maximum absolute atomic E-state index is 10.1. The first-order valence-electron chi connectivity index (χ1n) is 5.60. The van der Waals surface area contributed by atoms with Gasteiger partial charge >= 0.3 is 0 Å². The highest BCUT2D eigenvalue weighted by Crippen LogP contribution is 2.38. The van der Waals surface area contributed by atoms with Gasteiger partial charge in [0.15, 0.2) is 0 Å². The van der Waals surface area contributed by atoms with Gasteiger partial charge in [0.25, 0.3) is 0 Å². The minimum absolute atomic E-state index is 0.0504. The van der Waals surface area contributed by atoms with Crippen molar-refractivity contribution in [3.8, 4) is 5.75 Å². The topological polar surface area (TPSA) is 60.9 Å². The Labute approximate surface area is 114 Å². The maximum Gasteiger partial charge on any atom is 0.139 e. The molecule has 1 aliphatic heterocycles. The molecule has 94 valence electrons. The first-order chi connectivity index (χ1) is 8.66. The van der Waals surface area contributed by atoms with Crippen LogP contribution in [0.4, 0.5) is 0 Å². The van der Waals surface area contributed by atoms with Gasteiger partial charge in [-0.1, -0.05) is 23.2 Å². The lowest BCUT2D eigenvalue weighted by Crippen LogP contribution is -2.30. The standard InChI is InChI=1S/C12H11Cl2N3O/c13-6-3-7(12(18)8(14)4-6)10-11-9(1-2-15-10)16-5-17-11/h3-5,10,15,18H,1-2H2,(H,16,17). The number of aromatic amines is 1. The van der Waals surface area contributed by atoms with Gasteiger partial charge in [0.1, 0.15) is 5.75 Å². The van der Waals surface area contributed by atoms with E-state index in [1.807, 2.05) is 0 Å². The summed E-state index contributed by atoms with van der Waals surface area (Å²) in [6, 6.07) is 3.05. The van der Waals surface area contributed by atoms with Crippen LogP contribution in [0.15, 0.2) is 18.5 Å². The number of hydrogen-bond donors (Lipinski definition) is 3. The van der Waals surface area contributed by atoms with E-state index in [9.17, 15) is 5.11 Å². The fraction of sp³-hybridized carbons (Fsp3) is 0.250. The molecule has 2 heterocycles. The highest BCUT2D eigenvalue weighted by Gasteiger charge is 2.27. The molecular formula is C12H11Cl2N3O. The summed E-state index contributed by atoms with van der Waals surface area (Å²) in [5.41, 5.74) is 2.62. The van der Waals surface area contributed by atoms with Crippen LogP contribution in [0.1, 0.15) is 23.0 Å². The number of imidazole rings is 1. The normalized spacial score (nSPS) is 18.7. The summed E-state index contributed by atoms with van der Waals surface area (Å²) in [5, 5.41) is 14.1. The molecule has 0 spiro atoms. The maximum atomic E-state index is 10.1. The number of aromatic nitrogens is 2. The number of aromatic hydroxyl groups is 1. The Balaban J connectivity index is 2.13. The van der Waals surface area contributed by atoms with Crippen LogP contribution in [0, 0.1) is 0 Å². The molecule has 1 aromatic carbocycles.